The molecular weight excluding hydrogens is 310 g/mol. The highest BCUT2D eigenvalue weighted by Crippen LogP contribution is 2.28. The molecule has 0 aliphatic carbocycles. The first-order chi connectivity index (χ1) is 10.8. The van der Waals surface area contributed by atoms with Gasteiger partial charge in [0.15, 0.2) is 0 Å². The van der Waals surface area contributed by atoms with E-state index in [9.17, 15) is 9.59 Å². The van der Waals surface area contributed by atoms with Crippen LogP contribution in [0.2, 0.25) is 0 Å². The fraction of sp³-hybridized carbons (Fsp3) is 0.882. The Kier molecular flexibility index (Phi) is 4.93. The van der Waals surface area contributed by atoms with Crippen molar-refractivity contribution in [3.05, 3.63) is 0 Å². The van der Waals surface area contributed by atoms with Gasteiger partial charge in [-0.3, -0.25) is 9.59 Å². The van der Waals surface area contributed by atoms with E-state index in [1.54, 1.807) is 11.8 Å². The average molecular weight is 340 g/mol. The molecule has 2 amide bonds. The molecule has 1 N–H and O–H groups in total. The fourth-order valence-electron chi connectivity index (χ4n) is 3.80. The molecule has 0 aromatic rings. The normalized spacial score (nSPS) is 31.3. The van der Waals surface area contributed by atoms with Crippen LogP contribution in [0.15, 0.2) is 0 Å². The second kappa shape index (κ2) is 6.63. The monoisotopic (exact) mass is 339 g/mol. The SMILES string of the molecule is CC(C)(C)CC(=O)N1CSCC1C(=O)N1CCC2CCC(C1)N2. The zero-order valence-corrected chi connectivity index (χ0v) is 15.3. The standard InChI is InChI=1S/C17H29N3O2S/c1-17(2,3)8-15(21)20-11-23-10-14(20)16(22)19-7-6-12-4-5-13(9-19)18-12/h12-14,18H,4-11H2,1-3H3. The van der Waals surface area contributed by atoms with Crippen LogP contribution in [0, 0.1) is 5.41 Å². The Morgan fingerprint density at radius 1 is 1.17 bits per heavy atom. The van der Waals surface area contributed by atoms with E-state index in [2.05, 4.69) is 26.1 Å². The van der Waals surface area contributed by atoms with Crippen molar-refractivity contribution in [1.29, 1.82) is 0 Å². The van der Waals surface area contributed by atoms with E-state index in [0.717, 1.165) is 25.3 Å². The smallest absolute Gasteiger partial charge is 0.246 e. The number of carbonyl (C=O) groups is 2. The predicted molar refractivity (Wildman–Crippen MR) is 93.2 cm³/mol. The molecule has 3 aliphatic rings. The van der Waals surface area contributed by atoms with Crippen LogP contribution in [-0.2, 0) is 9.59 Å². The first-order valence-corrected chi connectivity index (χ1v) is 9.91. The second-order valence-electron chi connectivity index (χ2n) is 8.33. The quantitative estimate of drug-likeness (QED) is 0.832. The van der Waals surface area contributed by atoms with Crippen LogP contribution in [0.4, 0.5) is 0 Å². The Balaban J connectivity index is 1.64. The van der Waals surface area contributed by atoms with Crippen LogP contribution in [0.3, 0.4) is 0 Å². The second-order valence-corrected chi connectivity index (χ2v) is 9.33. The zero-order chi connectivity index (χ0) is 16.6. The van der Waals surface area contributed by atoms with Gasteiger partial charge in [-0.15, -0.1) is 11.8 Å². The van der Waals surface area contributed by atoms with Gasteiger partial charge in [0.1, 0.15) is 6.04 Å². The van der Waals surface area contributed by atoms with Gasteiger partial charge in [-0.2, -0.15) is 0 Å². The molecule has 3 saturated heterocycles. The molecule has 3 unspecified atom stereocenters. The molecule has 0 radical (unpaired) electrons. The molecule has 0 spiro atoms. The lowest BCUT2D eigenvalue weighted by atomic mass is 9.91. The molecule has 0 saturated carbocycles. The molecule has 23 heavy (non-hydrogen) atoms. The van der Waals surface area contributed by atoms with Gasteiger partial charge in [-0.05, 0) is 24.7 Å². The number of hydrogen-bond acceptors (Lipinski definition) is 4. The van der Waals surface area contributed by atoms with E-state index in [1.165, 1.54) is 12.8 Å². The van der Waals surface area contributed by atoms with Crippen molar-refractivity contribution in [1.82, 2.24) is 15.1 Å². The number of thioether (sulfide) groups is 1. The third kappa shape index (κ3) is 4.02. The van der Waals surface area contributed by atoms with Gasteiger partial charge in [0.2, 0.25) is 11.8 Å². The summed E-state index contributed by atoms with van der Waals surface area (Å²) in [7, 11) is 0. The minimum absolute atomic E-state index is 0.0381. The largest absolute Gasteiger partial charge is 0.339 e. The van der Waals surface area contributed by atoms with Gasteiger partial charge >= 0.3 is 0 Å². The summed E-state index contributed by atoms with van der Waals surface area (Å²) >= 11 is 1.70. The van der Waals surface area contributed by atoms with Gasteiger partial charge in [-0.1, -0.05) is 20.8 Å². The van der Waals surface area contributed by atoms with Gasteiger partial charge in [0.25, 0.3) is 0 Å². The van der Waals surface area contributed by atoms with Crippen LogP contribution in [0.1, 0.15) is 46.5 Å². The first kappa shape index (κ1) is 17.1. The van der Waals surface area contributed by atoms with Gasteiger partial charge in [0, 0.05) is 37.3 Å². The molecule has 3 fully saturated rings. The highest BCUT2D eigenvalue weighted by Gasteiger charge is 2.40. The number of nitrogens with zero attached hydrogens (tertiary/aromatic N) is 2. The van der Waals surface area contributed by atoms with Crippen LogP contribution in [0.5, 0.6) is 0 Å². The lowest BCUT2D eigenvalue weighted by Crippen LogP contribution is -2.51. The Morgan fingerprint density at radius 3 is 2.65 bits per heavy atom. The van der Waals surface area contributed by atoms with Gasteiger partial charge in [0.05, 0.1) is 5.88 Å². The minimum Gasteiger partial charge on any atom is -0.339 e. The molecule has 130 valence electrons. The van der Waals surface area contributed by atoms with E-state index < -0.39 is 0 Å². The summed E-state index contributed by atoms with van der Waals surface area (Å²) in [5.74, 6) is 1.68. The summed E-state index contributed by atoms with van der Waals surface area (Å²) in [6.07, 6.45) is 3.95. The summed E-state index contributed by atoms with van der Waals surface area (Å²) in [5, 5.41) is 3.61. The highest BCUT2D eigenvalue weighted by atomic mass is 32.2. The summed E-state index contributed by atoms with van der Waals surface area (Å²) in [6, 6.07) is 0.764. The van der Waals surface area contributed by atoms with Crippen molar-refractivity contribution >= 4 is 23.6 Å². The van der Waals surface area contributed by atoms with Crippen LogP contribution >= 0.6 is 11.8 Å². The fourth-order valence-corrected chi connectivity index (χ4v) is 4.97. The molecule has 3 heterocycles. The molecule has 3 rings (SSSR count). The molecule has 0 aromatic carbocycles. The van der Waals surface area contributed by atoms with Crippen molar-refractivity contribution < 1.29 is 9.59 Å². The maximum absolute atomic E-state index is 13.0. The van der Waals surface area contributed by atoms with E-state index in [1.807, 2.05) is 9.80 Å². The van der Waals surface area contributed by atoms with Crippen LogP contribution in [0.25, 0.3) is 0 Å². The highest BCUT2D eigenvalue weighted by molar-refractivity contribution is 7.99. The average Bonchev–Trinajstić information content (AvgIpc) is 3.03. The number of carbonyl (C=O) groups excluding carboxylic acids is 2. The number of fused-ring (bicyclic) bond motifs is 2. The van der Waals surface area contributed by atoms with E-state index in [0.29, 0.717) is 24.4 Å². The summed E-state index contributed by atoms with van der Waals surface area (Å²) in [5.41, 5.74) is -0.0381. The lowest BCUT2D eigenvalue weighted by Gasteiger charge is -2.32. The van der Waals surface area contributed by atoms with Crippen molar-refractivity contribution in [3.63, 3.8) is 0 Å². The predicted octanol–water partition coefficient (Wildman–Crippen LogP) is 1.68. The summed E-state index contributed by atoms with van der Waals surface area (Å²) in [6.45, 7) is 7.85. The Labute approximate surface area is 143 Å². The van der Waals surface area contributed by atoms with Crippen LogP contribution < -0.4 is 5.32 Å². The third-order valence-electron chi connectivity index (χ3n) is 5.00. The van der Waals surface area contributed by atoms with Gasteiger partial charge < -0.3 is 15.1 Å². The molecule has 6 heteroatoms. The third-order valence-corrected chi connectivity index (χ3v) is 6.02. The summed E-state index contributed by atoms with van der Waals surface area (Å²) in [4.78, 5) is 29.4. The molecule has 2 bridgehead atoms. The lowest BCUT2D eigenvalue weighted by molar-refractivity contribution is -0.144. The van der Waals surface area contributed by atoms with E-state index in [-0.39, 0.29) is 23.3 Å². The molecule has 3 atom stereocenters. The van der Waals surface area contributed by atoms with Crippen LogP contribution in [-0.4, -0.2) is 64.5 Å². The number of hydrogen-bond donors (Lipinski definition) is 1. The number of nitrogens with one attached hydrogen (secondary N) is 1. The molecule has 0 aromatic heterocycles. The maximum Gasteiger partial charge on any atom is 0.246 e. The zero-order valence-electron chi connectivity index (χ0n) is 14.5. The van der Waals surface area contributed by atoms with E-state index in [4.69, 9.17) is 0 Å². The Morgan fingerprint density at radius 2 is 1.91 bits per heavy atom. The topological polar surface area (TPSA) is 52.7 Å². The number of likely N-dealkylation sites (tertiary alicyclic amines) is 1. The maximum atomic E-state index is 13.0. The van der Waals surface area contributed by atoms with Crippen molar-refractivity contribution in [2.24, 2.45) is 5.41 Å². The molecule has 5 nitrogen and oxygen atoms in total. The first-order valence-electron chi connectivity index (χ1n) is 8.75. The Hall–Kier alpha value is -0.750. The number of rotatable bonds is 2. The van der Waals surface area contributed by atoms with Crippen molar-refractivity contribution in [2.45, 2.75) is 64.6 Å². The minimum atomic E-state index is -0.258. The van der Waals surface area contributed by atoms with Gasteiger partial charge in [-0.25, -0.2) is 0 Å². The Bertz CT molecular complexity index is 477. The van der Waals surface area contributed by atoms with Crippen molar-refractivity contribution in [3.8, 4) is 0 Å². The van der Waals surface area contributed by atoms with E-state index >= 15 is 0 Å². The number of amides is 2. The molecular formula is C17H29N3O2S. The molecule has 3 aliphatic heterocycles. The summed E-state index contributed by atoms with van der Waals surface area (Å²) < 4.78 is 0. The van der Waals surface area contributed by atoms with Crippen molar-refractivity contribution in [2.75, 3.05) is 24.7 Å².